The first-order valence-electron chi connectivity index (χ1n) is 7.71. The van der Waals surface area contributed by atoms with Crippen LogP contribution in [-0.4, -0.2) is 30.7 Å². The first kappa shape index (κ1) is 19.7. The van der Waals surface area contributed by atoms with Gasteiger partial charge in [0, 0.05) is 19.1 Å². The number of nitrogens with two attached hydrogens (primary N) is 1. The Bertz CT molecular complexity index is 283. The molecule has 1 rings (SSSR count). The Morgan fingerprint density at radius 1 is 1.35 bits per heavy atom. The van der Waals surface area contributed by atoms with E-state index in [1.54, 1.807) is 0 Å². The van der Waals surface area contributed by atoms with Gasteiger partial charge in [0.25, 0.3) is 0 Å². The second-order valence-electron chi connectivity index (χ2n) is 5.93. The summed E-state index contributed by atoms with van der Waals surface area (Å²) in [6.45, 7) is 5.73. The summed E-state index contributed by atoms with van der Waals surface area (Å²) in [5.74, 6) is 0.623. The van der Waals surface area contributed by atoms with Crippen LogP contribution in [0.15, 0.2) is 0 Å². The van der Waals surface area contributed by atoms with Crippen LogP contribution < -0.4 is 11.1 Å². The first-order valence-corrected chi connectivity index (χ1v) is 7.71. The zero-order chi connectivity index (χ0) is 14.3. The SMILES string of the molecule is CCC(CC)(CCO)CNC(=O)[C@@H]1CCC[C@@H]1CN.Cl. The largest absolute Gasteiger partial charge is 0.396 e. The van der Waals surface area contributed by atoms with E-state index in [1.165, 1.54) is 0 Å². The predicted octanol–water partition coefficient (Wildman–Crippen LogP) is 2.09. The summed E-state index contributed by atoms with van der Waals surface area (Å²) in [6.07, 6.45) is 5.88. The molecule has 1 amide bonds. The Hall–Kier alpha value is -0.320. The van der Waals surface area contributed by atoms with Gasteiger partial charge in [-0.3, -0.25) is 4.79 Å². The lowest BCUT2D eigenvalue weighted by Gasteiger charge is -2.32. The van der Waals surface area contributed by atoms with E-state index in [9.17, 15) is 9.90 Å². The topological polar surface area (TPSA) is 75.3 Å². The van der Waals surface area contributed by atoms with Crippen LogP contribution in [0.25, 0.3) is 0 Å². The van der Waals surface area contributed by atoms with Crippen LogP contribution in [0.3, 0.4) is 0 Å². The van der Waals surface area contributed by atoms with Gasteiger partial charge in [0.05, 0.1) is 0 Å². The van der Waals surface area contributed by atoms with E-state index in [0.717, 1.165) is 38.5 Å². The molecule has 120 valence electrons. The maximum Gasteiger partial charge on any atom is 0.223 e. The number of nitrogens with one attached hydrogen (secondary N) is 1. The van der Waals surface area contributed by atoms with E-state index in [4.69, 9.17) is 5.73 Å². The van der Waals surface area contributed by atoms with E-state index in [2.05, 4.69) is 19.2 Å². The Labute approximate surface area is 129 Å². The van der Waals surface area contributed by atoms with Crippen molar-refractivity contribution in [1.29, 1.82) is 0 Å². The van der Waals surface area contributed by atoms with Crippen molar-refractivity contribution in [3.05, 3.63) is 0 Å². The highest BCUT2D eigenvalue weighted by Crippen LogP contribution is 2.32. The van der Waals surface area contributed by atoms with Crippen molar-refractivity contribution in [2.24, 2.45) is 23.0 Å². The van der Waals surface area contributed by atoms with Crippen LogP contribution in [0.2, 0.25) is 0 Å². The Morgan fingerprint density at radius 3 is 2.50 bits per heavy atom. The molecule has 1 saturated carbocycles. The number of halogens is 1. The van der Waals surface area contributed by atoms with Gasteiger partial charge in [-0.1, -0.05) is 20.3 Å². The van der Waals surface area contributed by atoms with E-state index in [-0.39, 0.29) is 36.3 Å². The number of aliphatic hydroxyl groups excluding tert-OH is 1. The predicted molar refractivity (Wildman–Crippen MR) is 84.9 cm³/mol. The molecule has 4 N–H and O–H groups in total. The highest BCUT2D eigenvalue weighted by Gasteiger charge is 2.33. The second kappa shape index (κ2) is 9.59. The second-order valence-corrected chi connectivity index (χ2v) is 5.93. The van der Waals surface area contributed by atoms with Crippen molar-refractivity contribution in [1.82, 2.24) is 5.32 Å². The molecular formula is C15H31ClN2O2. The fraction of sp³-hybridized carbons (Fsp3) is 0.933. The first-order chi connectivity index (χ1) is 9.12. The zero-order valence-corrected chi connectivity index (χ0v) is 13.7. The average molecular weight is 307 g/mol. The van der Waals surface area contributed by atoms with Crippen molar-refractivity contribution in [3.8, 4) is 0 Å². The molecule has 0 saturated heterocycles. The van der Waals surface area contributed by atoms with Gasteiger partial charge in [-0.25, -0.2) is 0 Å². The summed E-state index contributed by atoms with van der Waals surface area (Å²) in [7, 11) is 0. The average Bonchev–Trinajstić information content (AvgIpc) is 2.91. The van der Waals surface area contributed by atoms with Gasteiger partial charge in [-0.15, -0.1) is 12.4 Å². The third kappa shape index (κ3) is 4.90. The molecule has 5 heteroatoms. The fourth-order valence-electron chi connectivity index (χ4n) is 3.25. The van der Waals surface area contributed by atoms with Crippen LogP contribution in [-0.2, 0) is 4.79 Å². The smallest absolute Gasteiger partial charge is 0.223 e. The van der Waals surface area contributed by atoms with Crippen LogP contribution >= 0.6 is 12.4 Å². The molecule has 0 unspecified atom stereocenters. The Balaban J connectivity index is 0.00000361. The molecule has 0 aromatic carbocycles. The standard InChI is InChI=1S/C15H30N2O2.ClH/c1-3-15(4-2,8-9-18)11-17-14(19)13-7-5-6-12(13)10-16;/h12-13,18H,3-11,16H2,1-2H3,(H,17,19);1H/t12-,13-;/m1./s1. The highest BCUT2D eigenvalue weighted by atomic mass is 35.5. The lowest BCUT2D eigenvalue weighted by molar-refractivity contribution is -0.126. The molecule has 0 heterocycles. The van der Waals surface area contributed by atoms with Gasteiger partial charge in [0.15, 0.2) is 0 Å². The number of carbonyl (C=O) groups is 1. The fourth-order valence-corrected chi connectivity index (χ4v) is 3.25. The van der Waals surface area contributed by atoms with Gasteiger partial charge >= 0.3 is 0 Å². The van der Waals surface area contributed by atoms with Crippen LogP contribution in [0.5, 0.6) is 0 Å². The van der Waals surface area contributed by atoms with E-state index in [0.29, 0.717) is 19.0 Å². The van der Waals surface area contributed by atoms with Crippen molar-refractivity contribution < 1.29 is 9.90 Å². The van der Waals surface area contributed by atoms with Gasteiger partial charge < -0.3 is 16.2 Å². The molecule has 0 spiro atoms. The van der Waals surface area contributed by atoms with Crippen LogP contribution in [0.1, 0.15) is 52.4 Å². The molecule has 4 nitrogen and oxygen atoms in total. The van der Waals surface area contributed by atoms with Gasteiger partial charge in [0.1, 0.15) is 0 Å². The van der Waals surface area contributed by atoms with Crippen molar-refractivity contribution in [2.45, 2.75) is 52.4 Å². The van der Waals surface area contributed by atoms with E-state index in [1.807, 2.05) is 0 Å². The molecule has 0 radical (unpaired) electrons. The van der Waals surface area contributed by atoms with Gasteiger partial charge in [-0.05, 0) is 50.0 Å². The third-order valence-corrected chi connectivity index (χ3v) is 5.08. The van der Waals surface area contributed by atoms with Crippen molar-refractivity contribution >= 4 is 18.3 Å². The van der Waals surface area contributed by atoms with Crippen LogP contribution in [0.4, 0.5) is 0 Å². The normalized spacial score (nSPS) is 22.4. The Kier molecular flexibility index (Phi) is 9.43. The van der Waals surface area contributed by atoms with Crippen molar-refractivity contribution in [3.63, 3.8) is 0 Å². The number of amides is 1. The summed E-state index contributed by atoms with van der Waals surface area (Å²) in [5, 5.41) is 12.3. The number of hydrogen-bond acceptors (Lipinski definition) is 3. The molecule has 0 bridgehead atoms. The van der Waals surface area contributed by atoms with Crippen molar-refractivity contribution in [2.75, 3.05) is 19.7 Å². The Morgan fingerprint density at radius 2 is 2.00 bits per heavy atom. The van der Waals surface area contributed by atoms with E-state index >= 15 is 0 Å². The highest BCUT2D eigenvalue weighted by molar-refractivity contribution is 5.85. The minimum Gasteiger partial charge on any atom is -0.396 e. The number of rotatable bonds is 8. The molecule has 0 aliphatic heterocycles. The summed E-state index contributed by atoms with van der Waals surface area (Å²) in [4.78, 5) is 12.3. The summed E-state index contributed by atoms with van der Waals surface area (Å²) < 4.78 is 0. The molecule has 20 heavy (non-hydrogen) atoms. The number of carbonyl (C=O) groups excluding carboxylic acids is 1. The molecule has 0 aromatic rings. The maximum atomic E-state index is 12.3. The molecule has 1 fully saturated rings. The summed E-state index contributed by atoms with van der Waals surface area (Å²) >= 11 is 0. The summed E-state index contributed by atoms with van der Waals surface area (Å²) in [6, 6.07) is 0. The summed E-state index contributed by atoms with van der Waals surface area (Å²) in [5.41, 5.74) is 5.77. The van der Waals surface area contributed by atoms with E-state index < -0.39 is 0 Å². The monoisotopic (exact) mass is 306 g/mol. The lowest BCUT2D eigenvalue weighted by Crippen LogP contribution is -2.42. The minimum absolute atomic E-state index is 0. The zero-order valence-electron chi connectivity index (χ0n) is 12.9. The molecular weight excluding hydrogens is 276 g/mol. The quantitative estimate of drug-likeness (QED) is 0.643. The number of hydrogen-bond donors (Lipinski definition) is 3. The number of aliphatic hydroxyl groups is 1. The van der Waals surface area contributed by atoms with Gasteiger partial charge in [0.2, 0.25) is 5.91 Å². The van der Waals surface area contributed by atoms with Gasteiger partial charge in [-0.2, -0.15) is 0 Å². The minimum atomic E-state index is 0. The molecule has 1 aliphatic rings. The maximum absolute atomic E-state index is 12.3. The lowest BCUT2D eigenvalue weighted by atomic mass is 9.79. The van der Waals surface area contributed by atoms with Crippen LogP contribution in [0, 0.1) is 17.3 Å². The molecule has 2 atom stereocenters. The molecule has 1 aliphatic carbocycles. The third-order valence-electron chi connectivity index (χ3n) is 5.08. The molecule has 0 aromatic heterocycles.